The van der Waals surface area contributed by atoms with Crippen LogP contribution in [0.2, 0.25) is 0 Å². The van der Waals surface area contributed by atoms with Crippen LogP contribution in [0.4, 0.5) is 11.4 Å². The molecule has 0 bridgehead atoms. The Bertz CT molecular complexity index is 481. The molecule has 1 fully saturated rings. The van der Waals surface area contributed by atoms with Crippen molar-refractivity contribution in [2.75, 3.05) is 25.1 Å². The average molecular weight is 250 g/mol. The highest BCUT2D eigenvalue weighted by molar-refractivity contribution is 5.94. The molecule has 0 saturated carbocycles. The zero-order chi connectivity index (χ0) is 13.1. The molecule has 0 aromatic heterocycles. The van der Waals surface area contributed by atoms with Gasteiger partial charge in [-0.3, -0.25) is 10.1 Å². The Labute approximate surface area is 104 Å². The van der Waals surface area contributed by atoms with Crippen molar-refractivity contribution >= 4 is 17.3 Å². The van der Waals surface area contributed by atoms with Crippen LogP contribution in [0.15, 0.2) is 18.2 Å². The van der Waals surface area contributed by atoms with E-state index in [4.69, 9.17) is 0 Å². The second-order valence-electron chi connectivity index (χ2n) is 4.14. The third-order valence-electron chi connectivity index (χ3n) is 3.05. The SMILES string of the molecule is COC(=O)c1ccc(N2CCCC2)cc1[N+](=O)[O-]. The first-order chi connectivity index (χ1) is 8.63. The van der Waals surface area contributed by atoms with Gasteiger partial charge >= 0.3 is 5.97 Å². The largest absolute Gasteiger partial charge is 0.465 e. The molecule has 2 rings (SSSR count). The minimum atomic E-state index is -0.685. The fourth-order valence-corrected chi connectivity index (χ4v) is 2.13. The molecular weight excluding hydrogens is 236 g/mol. The Hall–Kier alpha value is -2.11. The average Bonchev–Trinajstić information content (AvgIpc) is 2.91. The molecule has 1 saturated heterocycles. The molecule has 0 atom stereocenters. The summed E-state index contributed by atoms with van der Waals surface area (Å²) in [7, 11) is 1.21. The van der Waals surface area contributed by atoms with Crippen LogP contribution >= 0.6 is 0 Å². The van der Waals surface area contributed by atoms with E-state index in [0.717, 1.165) is 31.6 Å². The van der Waals surface area contributed by atoms with Gasteiger partial charge in [-0.05, 0) is 25.0 Å². The summed E-state index contributed by atoms with van der Waals surface area (Å²) in [5.74, 6) is -0.685. The smallest absolute Gasteiger partial charge is 0.344 e. The maximum Gasteiger partial charge on any atom is 0.344 e. The maximum atomic E-state index is 11.4. The number of methoxy groups -OCH3 is 1. The van der Waals surface area contributed by atoms with E-state index in [2.05, 4.69) is 9.64 Å². The van der Waals surface area contributed by atoms with Gasteiger partial charge in [0.25, 0.3) is 5.69 Å². The van der Waals surface area contributed by atoms with Crippen molar-refractivity contribution in [1.29, 1.82) is 0 Å². The molecule has 1 heterocycles. The summed E-state index contributed by atoms with van der Waals surface area (Å²) in [4.78, 5) is 23.9. The third kappa shape index (κ3) is 2.27. The second-order valence-corrected chi connectivity index (χ2v) is 4.14. The minimum absolute atomic E-state index is 0.00885. The van der Waals surface area contributed by atoms with Crippen molar-refractivity contribution in [3.63, 3.8) is 0 Å². The molecule has 96 valence electrons. The van der Waals surface area contributed by atoms with Gasteiger partial charge < -0.3 is 9.64 Å². The number of benzene rings is 1. The summed E-state index contributed by atoms with van der Waals surface area (Å²) in [6.45, 7) is 1.80. The minimum Gasteiger partial charge on any atom is -0.465 e. The summed E-state index contributed by atoms with van der Waals surface area (Å²) in [5, 5.41) is 11.0. The van der Waals surface area contributed by atoms with E-state index in [1.54, 1.807) is 6.07 Å². The second kappa shape index (κ2) is 5.03. The van der Waals surface area contributed by atoms with Gasteiger partial charge in [0.1, 0.15) is 5.56 Å². The van der Waals surface area contributed by atoms with E-state index in [1.807, 2.05) is 0 Å². The van der Waals surface area contributed by atoms with Gasteiger partial charge in [-0.25, -0.2) is 4.79 Å². The molecule has 1 aromatic carbocycles. The topological polar surface area (TPSA) is 72.7 Å². The Kier molecular flexibility index (Phi) is 3.45. The summed E-state index contributed by atoms with van der Waals surface area (Å²) < 4.78 is 4.54. The Morgan fingerprint density at radius 2 is 2.06 bits per heavy atom. The summed E-state index contributed by atoms with van der Waals surface area (Å²) in [6, 6.07) is 4.62. The van der Waals surface area contributed by atoms with Crippen LogP contribution in [0, 0.1) is 10.1 Å². The first-order valence-corrected chi connectivity index (χ1v) is 5.75. The summed E-state index contributed by atoms with van der Waals surface area (Å²) in [6.07, 6.45) is 2.18. The highest BCUT2D eigenvalue weighted by atomic mass is 16.6. The molecule has 0 amide bonds. The number of ether oxygens (including phenoxy) is 1. The normalized spacial score (nSPS) is 14.6. The number of carbonyl (C=O) groups excluding carboxylic acids is 1. The monoisotopic (exact) mass is 250 g/mol. The third-order valence-corrected chi connectivity index (χ3v) is 3.05. The van der Waals surface area contributed by atoms with Crippen LogP contribution < -0.4 is 4.90 Å². The Morgan fingerprint density at radius 1 is 1.39 bits per heavy atom. The van der Waals surface area contributed by atoms with Crippen LogP contribution in [0.1, 0.15) is 23.2 Å². The van der Waals surface area contributed by atoms with Gasteiger partial charge in [0.15, 0.2) is 0 Å². The van der Waals surface area contributed by atoms with Crippen molar-refractivity contribution in [3.8, 4) is 0 Å². The summed E-state index contributed by atoms with van der Waals surface area (Å²) >= 11 is 0. The number of hydrogen-bond acceptors (Lipinski definition) is 5. The highest BCUT2D eigenvalue weighted by Crippen LogP contribution is 2.28. The number of anilines is 1. The predicted molar refractivity (Wildman–Crippen MR) is 65.9 cm³/mol. The number of nitrogens with zero attached hydrogens (tertiary/aromatic N) is 2. The molecule has 1 aliphatic rings. The fraction of sp³-hybridized carbons (Fsp3) is 0.417. The zero-order valence-corrected chi connectivity index (χ0v) is 10.1. The maximum absolute atomic E-state index is 11.4. The first kappa shape index (κ1) is 12.3. The van der Waals surface area contributed by atoms with E-state index < -0.39 is 10.9 Å². The molecule has 1 aliphatic heterocycles. The molecular formula is C12H14N2O4. The lowest BCUT2D eigenvalue weighted by Crippen LogP contribution is -2.18. The molecule has 0 spiro atoms. The lowest BCUT2D eigenvalue weighted by molar-refractivity contribution is -0.385. The van der Waals surface area contributed by atoms with Crippen molar-refractivity contribution in [3.05, 3.63) is 33.9 Å². The number of nitro benzene ring substituents is 1. The van der Waals surface area contributed by atoms with Gasteiger partial charge in [-0.15, -0.1) is 0 Å². The van der Waals surface area contributed by atoms with Crippen LogP contribution in [0.5, 0.6) is 0 Å². The van der Waals surface area contributed by atoms with E-state index in [9.17, 15) is 14.9 Å². The molecule has 0 radical (unpaired) electrons. The summed E-state index contributed by atoms with van der Waals surface area (Å²) in [5.41, 5.74) is 0.573. The molecule has 0 unspecified atom stereocenters. The fourth-order valence-electron chi connectivity index (χ4n) is 2.13. The number of rotatable bonds is 3. The van der Waals surface area contributed by atoms with Crippen molar-refractivity contribution < 1.29 is 14.5 Å². The quantitative estimate of drug-likeness (QED) is 0.466. The van der Waals surface area contributed by atoms with Crippen LogP contribution in [-0.4, -0.2) is 31.1 Å². The number of hydrogen-bond donors (Lipinski definition) is 0. The van der Waals surface area contributed by atoms with E-state index in [1.165, 1.54) is 19.2 Å². The van der Waals surface area contributed by atoms with Gasteiger partial charge in [-0.2, -0.15) is 0 Å². The van der Waals surface area contributed by atoms with E-state index in [-0.39, 0.29) is 11.3 Å². The van der Waals surface area contributed by atoms with Crippen molar-refractivity contribution in [2.24, 2.45) is 0 Å². The Balaban J connectivity index is 2.39. The lowest BCUT2D eigenvalue weighted by Gasteiger charge is -2.17. The molecule has 1 aromatic rings. The van der Waals surface area contributed by atoms with Crippen LogP contribution in [-0.2, 0) is 4.74 Å². The van der Waals surface area contributed by atoms with Gasteiger partial charge in [0, 0.05) is 24.8 Å². The van der Waals surface area contributed by atoms with Crippen molar-refractivity contribution in [2.45, 2.75) is 12.8 Å². The molecule has 6 heteroatoms. The predicted octanol–water partition coefficient (Wildman–Crippen LogP) is 1.98. The lowest BCUT2D eigenvalue weighted by atomic mass is 10.1. The zero-order valence-electron chi connectivity index (χ0n) is 10.1. The van der Waals surface area contributed by atoms with Crippen LogP contribution in [0.3, 0.4) is 0 Å². The van der Waals surface area contributed by atoms with Gasteiger partial charge in [0.05, 0.1) is 12.0 Å². The standard InChI is InChI=1S/C12H14N2O4/c1-18-12(15)10-5-4-9(8-11(10)14(16)17)13-6-2-3-7-13/h4-5,8H,2-3,6-7H2,1H3. The first-order valence-electron chi connectivity index (χ1n) is 5.75. The van der Waals surface area contributed by atoms with Crippen LogP contribution in [0.25, 0.3) is 0 Å². The van der Waals surface area contributed by atoms with Crippen molar-refractivity contribution in [1.82, 2.24) is 0 Å². The molecule has 18 heavy (non-hydrogen) atoms. The van der Waals surface area contributed by atoms with Gasteiger partial charge in [-0.1, -0.05) is 0 Å². The number of esters is 1. The molecule has 6 nitrogen and oxygen atoms in total. The Morgan fingerprint density at radius 3 is 2.61 bits per heavy atom. The number of nitro groups is 1. The van der Waals surface area contributed by atoms with E-state index >= 15 is 0 Å². The highest BCUT2D eigenvalue weighted by Gasteiger charge is 2.23. The van der Waals surface area contributed by atoms with E-state index in [0.29, 0.717) is 0 Å². The molecule has 0 N–H and O–H groups in total. The number of carbonyl (C=O) groups is 1. The van der Waals surface area contributed by atoms with Gasteiger partial charge in [0.2, 0.25) is 0 Å². The molecule has 0 aliphatic carbocycles.